The summed E-state index contributed by atoms with van der Waals surface area (Å²) in [6, 6.07) is 2.26. The Balaban J connectivity index is 1.25. The van der Waals surface area contributed by atoms with Gasteiger partial charge in [-0.15, -0.1) is 0 Å². The van der Waals surface area contributed by atoms with Crippen molar-refractivity contribution in [3.05, 3.63) is 47.8 Å². The molecular formula is C39H47ClF3N7O8S. The van der Waals surface area contributed by atoms with Crippen LogP contribution in [0.3, 0.4) is 0 Å². The van der Waals surface area contributed by atoms with Crippen molar-refractivity contribution in [2.75, 3.05) is 6.54 Å². The van der Waals surface area contributed by atoms with Crippen LogP contribution in [0.5, 0.6) is 5.88 Å². The number of benzene rings is 1. The highest BCUT2D eigenvalue weighted by Crippen LogP contribution is 2.48. The number of alkyl halides is 3. The van der Waals surface area contributed by atoms with Crippen molar-refractivity contribution in [2.45, 2.75) is 120 Å². The van der Waals surface area contributed by atoms with Crippen molar-refractivity contribution in [1.82, 2.24) is 34.6 Å². The number of fused-ring (bicyclic) bond motifs is 5. The third-order valence-corrected chi connectivity index (χ3v) is 14.5. The second kappa shape index (κ2) is 15.1. The molecule has 0 radical (unpaired) electrons. The summed E-state index contributed by atoms with van der Waals surface area (Å²) in [5, 5.41) is 6.04. The molecule has 2 aromatic heterocycles. The van der Waals surface area contributed by atoms with Crippen molar-refractivity contribution < 1.29 is 50.2 Å². The summed E-state index contributed by atoms with van der Waals surface area (Å²) >= 11 is 6.37. The first kappa shape index (κ1) is 42.5. The Morgan fingerprint density at radius 3 is 2.54 bits per heavy atom. The Morgan fingerprint density at radius 1 is 1.12 bits per heavy atom. The quantitative estimate of drug-likeness (QED) is 0.266. The van der Waals surface area contributed by atoms with E-state index in [0.29, 0.717) is 67.7 Å². The molecule has 15 nitrogen and oxygen atoms in total. The molecule has 320 valence electrons. The second-order valence-electron chi connectivity index (χ2n) is 17.2. The number of carbonyl (C=O) groups excluding carboxylic acids is 4. The normalized spacial score (nSPS) is 29.3. The average molecular weight is 866 g/mol. The van der Waals surface area contributed by atoms with Crippen molar-refractivity contribution >= 4 is 62.1 Å². The van der Waals surface area contributed by atoms with Gasteiger partial charge < -0.3 is 25.0 Å². The van der Waals surface area contributed by atoms with E-state index < -0.39 is 85.9 Å². The molecule has 1 saturated heterocycles. The fourth-order valence-corrected chi connectivity index (χ4v) is 9.38. The Labute approximate surface area is 343 Å². The fraction of sp³-hybridized carbons (Fsp3) is 0.590. The van der Waals surface area contributed by atoms with Gasteiger partial charge in [-0.2, -0.15) is 18.2 Å². The number of nitrogens with one attached hydrogen (secondary N) is 3. The minimum Gasteiger partial charge on any atom is -0.472 e. The number of aromatic nitrogens is 3. The van der Waals surface area contributed by atoms with Crippen LogP contribution in [-0.4, -0.2) is 98.3 Å². The lowest BCUT2D eigenvalue weighted by molar-refractivity contribution is -0.244. The highest BCUT2D eigenvalue weighted by atomic mass is 35.5. The van der Waals surface area contributed by atoms with Crippen LogP contribution in [0.15, 0.2) is 42.7 Å². The van der Waals surface area contributed by atoms with E-state index in [2.05, 4.69) is 25.3 Å². The Bertz CT molecular complexity index is 2330. The summed E-state index contributed by atoms with van der Waals surface area (Å²) in [4.78, 5) is 66.5. The first-order chi connectivity index (χ1) is 27.5. The van der Waals surface area contributed by atoms with E-state index in [1.807, 2.05) is 13.0 Å². The van der Waals surface area contributed by atoms with Crippen LogP contribution in [0.25, 0.3) is 16.7 Å². The molecule has 3 fully saturated rings. The molecule has 4 heterocycles. The molecule has 0 bridgehead atoms. The first-order valence-electron chi connectivity index (χ1n) is 19.6. The summed E-state index contributed by atoms with van der Waals surface area (Å²) in [5.74, 6) is -3.39. The van der Waals surface area contributed by atoms with Gasteiger partial charge in [0.1, 0.15) is 23.7 Å². The van der Waals surface area contributed by atoms with Crippen LogP contribution < -0.4 is 20.1 Å². The fourth-order valence-electron chi connectivity index (χ4n) is 7.90. The maximum Gasteiger partial charge on any atom is 0.427 e. The molecule has 2 saturated carbocycles. The zero-order chi connectivity index (χ0) is 42.9. The summed E-state index contributed by atoms with van der Waals surface area (Å²) in [5.41, 5.74) is -3.91. The van der Waals surface area contributed by atoms with E-state index >= 15 is 0 Å². The van der Waals surface area contributed by atoms with Gasteiger partial charge in [-0.05, 0) is 89.3 Å². The van der Waals surface area contributed by atoms with Crippen LogP contribution in [0.4, 0.5) is 18.0 Å². The number of nitrogens with zero attached hydrogens (tertiary/aromatic N) is 4. The highest BCUT2D eigenvalue weighted by molar-refractivity contribution is 7.91. The van der Waals surface area contributed by atoms with Gasteiger partial charge in [0, 0.05) is 29.8 Å². The van der Waals surface area contributed by atoms with Crippen LogP contribution >= 0.6 is 11.6 Å². The van der Waals surface area contributed by atoms with E-state index in [4.69, 9.17) is 21.1 Å². The van der Waals surface area contributed by atoms with E-state index in [1.54, 1.807) is 48.0 Å². The van der Waals surface area contributed by atoms with Crippen molar-refractivity contribution in [1.29, 1.82) is 0 Å². The molecule has 3 N–H and O–H groups in total. The second-order valence-corrected chi connectivity index (χ2v) is 19.8. The predicted octanol–water partition coefficient (Wildman–Crippen LogP) is 5.21. The monoisotopic (exact) mass is 865 g/mol. The number of hydrogen-bond donors (Lipinski definition) is 3. The smallest absolute Gasteiger partial charge is 0.427 e. The van der Waals surface area contributed by atoms with E-state index in [-0.39, 0.29) is 31.2 Å². The van der Waals surface area contributed by atoms with Gasteiger partial charge in [-0.1, -0.05) is 37.6 Å². The number of hydrogen-bond acceptors (Lipinski definition) is 10. The molecule has 0 spiro atoms. The predicted molar refractivity (Wildman–Crippen MR) is 209 cm³/mol. The molecule has 4 aliphatic rings. The van der Waals surface area contributed by atoms with Gasteiger partial charge >= 0.3 is 12.3 Å². The molecule has 3 aromatic rings. The minimum absolute atomic E-state index is 0.0508. The molecule has 4 amide bonds. The third-order valence-electron chi connectivity index (χ3n) is 12.1. The Morgan fingerprint density at radius 2 is 1.85 bits per heavy atom. The Kier molecular flexibility index (Phi) is 10.9. The number of ether oxygens (including phenoxy) is 2. The molecule has 59 heavy (non-hydrogen) atoms. The number of allylic oxidation sites excluding steroid dienone is 1. The van der Waals surface area contributed by atoms with Crippen LogP contribution in [0.2, 0.25) is 5.02 Å². The molecule has 7 atom stereocenters. The summed E-state index contributed by atoms with van der Waals surface area (Å²) in [7, 11) is -4.09. The topological polar surface area (TPSA) is 190 Å². The average Bonchev–Trinajstić information content (AvgIpc) is 3.93. The standard InChI is InChI=1S/C39H47ClF3N7O8S/c1-21-8-6-7-9-23-19-38(23,33(53)48-59(55,56)37(5)12-13-37)47-30(51)28-18-25(57-31-26-17-24(40)10-11-27(26)49-15-14-44-34(49)46-31)20-50(28)32(52)29(22(2)16-21)45-35(54)58-36(3,4)39(41,42)43/h7,9-11,14-15,17,21-23,25,28-29H,6,8,12-13,16,18-20H2,1-5H3,(H,45,54)(H,47,51)(H,48,53)/b9-7-/t21-,22+,23?,25+,28-,29-,38+/m0/s1. The lowest BCUT2D eigenvalue weighted by Crippen LogP contribution is -2.59. The summed E-state index contributed by atoms with van der Waals surface area (Å²) in [6.45, 7) is 6.26. The number of halogens is 4. The van der Waals surface area contributed by atoms with Crippen LogP contribution in [-0.2, 0) is 29.1 Å². The number of carbonyl (C=O) groups is 4. The summed E-state index contributed by atoms with van der Waals surface area (Å²) < 4.78 is 81.8. The van der Waals surface area contributed by atoms with Crippen LogP contribution in [0, 0.1) is 17.8 Å². The van der Waals surface area contributed by atoms with Gasteiger partial charge in [-0.25, -0.2) is 18.2 Å². The lowest BCUT2D eigenvalue weighted by atomic mass is 9.88. The minimum atomic E-state index is -4.92. The summed E-state index contributed by atoms with van der Waals surface area (Å²) in [6.07, 6.45) is 1.72. The number of imidazole rings is 1. The number of rotatable bonds is 7. The van der Waals surface area contributed by atoms with Gasteiger partial charge in [0.2, 0.25) is 39.1 Å². The largest absolute Gasteiger partial charge is 0.472 e. The van der Waals surface area contributed by atoms with Gasteiger partial charge in [0.25, 0.3) is 5.91 Å². The molecule has 20 heteroatoms. The highest BCUT2D eigenvalue weighted by Gasteiger charge is 2.63. The van der Waals surface area contributed by atoms with E-state index in [0.717, 1.165) is 0 Å². The SMILES string of the molecule is C[C@H]1CC/C=C\C2C[C@@]2(C(=O)NS(=O)(=O)C2(C)CC2)NC(=O)[C@@H]2C[C@@H](Oc3nc4nccn4c4ccc(Cl)cc34)CN2C(=O)[C@@H](NC(=O)OC(C)(C)C(F)(F)F)[C@H](C)C1. The van der Waals surface area contributed by atoms with E-state index in [9.17, 15) is 40.8 Å². The van der Waals surface area contributed by atoms with Gasteiger partial charge in [0.15, 0.2) is 0 Å². The van der Waals surface area contributed by atoms with Gasteiger partial charge in [0.05, 0.1) is 22.2 Å². The number of amides is 4. The van der Waals surface area contributed by atoms with Gasteiger partial charge in [-0.3, -0.25) is 23.5 Å². The van der Waals surface area contributed by atoms with Crippen LogP contribution in [0.1, 0.15) is 79.6 Å². The lowest BCUT2D eigenvalue weighted by Gasteiger charge is -2.34. The molecule has 2 aliphatic carbocycles. The number of alkyl carbamates (subject to hydrolysis) is 1. The Hall–Kier alpha value is -4.65. The zero-order valence-corrected chi connectivity index (χ0v) is 34.7. The molecular weight excluding hydrogens is 819 g/mol. The molecule has 7 rings (SSSR count). The van der Waals surface area contributed by atoms with Crippen molar-refractivity contribution in [3.63, 3.8) is 0 Å². The van der Waals surface area contributed by atoms with Crippen molar-refractivity contribution in [3.8, 4) is 5.88 Å². The third kappa shape index (κ3) is 8.28. The van der Waals surface area contributed by atoms with Crippen molar-refractivity contribution in [2.24, 2.45) is 17.8 Å². The maximum absolute atomic E-state index is 14.8. The molecule has 2 aliphatic heterocycles. The molecule has 1 unspecified atom stereocenters. The van der Waals surface area contributed by atoms with E-state index in [1.165, 1.54) is 11.8 Å². The number of sulfonamides is 1. The maximum atomic E-state index is 14.8. The zero-order valence-electron chi connectivity index (χ0n) is 33.1. The molecule has 1 aromatic carbocycles. The first-order valence-corrected chi connectivity index (χ1v) is 21.4.